The quantitative estimate of drug-likeness (QED) is 0.847. The Balaban J connectivity index is 2.72. The van der Waals surface area contributed by atoms with E-state index >= 15 is 0 Å². The van der Waals surface area contributed by atoms with Crippen molar-refractivity contribution in [1.82, 2.24) is 0 Å². The largest absolute Gasteiger partial charge is 0.325 e. The summed E-state index contributed by atoms with van der Waals surface area (Å²) in [5.41, 5.74) is 0.602. The van der Waals surface area contributed by atoms with E-state index in [1.165, 1.54) is 0 Å². The highest BCUT2D eigenvalue weighted by molar-refractivity contribution is 9.10. The Morgan fingerprint density at radius 2 is 2.21 bits per heavy atom. The molecule has 0 aliphatic carbocycles. The van der Waals surface area contributed by atoms with E-state index in [0.29, 0.717) is 16.6 Å². The minimum Gasteiger partial charge on any atom is -0.325 e. The van der Waals surface area contributed by atoms with Gasteiger partial charge in [0.25, 0.3) is 0 Å². The molecule has 0 aliphatic heterocycles. The first-order chi connectivity index (χ1) is 6.63. The Bertz CT molecular complexity index is 344. The number of hydrogen-bond acceptors (Lipinski definition) is 1. The lowest BCUT2D eigenvalue weighted by Crippen LogP contribution is -2.11. The zero-order valence-corrected chi connectivity index (χ0v) is 10.3. The highest BCUT2D eigenvalue weighted by Crippen LogP contribution is 2.25. The molecule has 1 amide bonds. The first-order valence-corrected chi connectivity index (χ1v) is 5.65. The van der Waals surface area contributed by atoms with Crippen molar-refractivity contribution in [2.24, 2.45) is 0 Å². The van der Waals surface area contributed by atoms with Crippen LogP contribution >= 0.6 is 39.1 Å². The molecule has 76 valence electrons. The van der Waals surface area contributed by atoms with E-state index in [1.54, 1.807) is 12.1 Å². The summed E-state index contributed by atoms with van der Waals surface area (Å²) in [5, 5.41) is 3.16. The van der Waals surface area contributed by atoms with E-state index in [1.807, 2.05) is 6.07 Å². The SMILES string of the molecule is O=C(CCCl)Nc1ccc(Br)cc1Cl. The van der Waals surface area contributed by atoms with Gasteiger partial charge >= 0.3 is 0 Å². The minimum absolute atomic E-state index is 0.135. The lowest BCUT2D eigenvalue weighted by atomic mass is 10.3. The normalized spacial score (nSPS) is 9.93. The van der Waals surface area contributed by atoms with Gasteiger partial charge in [0.1, 0.15) is 0 Å². The maximum Gasteiger partial charge on any atom is 0.225 e. The van der Waals surface area contributed by atoms with Crippen molar-refractivity contribution in [2.75, 3.05) is 11.2 Å². The van der Waals surface area contributed by atoms with Gasteiger partial charge in [0.2, 0.25) is 5.91 Å². The molecule has 0 atom stereocenters. The van der Waals surface area contributed by atoms with Gasteiger partial charge in [-0.15, -0.1) is 11.6 Å². The molecule has 0 saturated carbocycles. The van der Waals surface area contributed by atoms with Crippen molar-refractivity contribution in [3.63, 3.8) is 0 Å². The van der Waals surface area contributed by atoms with E-state index in [2.05, 4.69) is 21.2 Å². The smallest absolute Gasteiger partial charge is 0.225 e. The molecule has 14 heavy (non-hydrogen) atoms. The van der Waals surface area contributed by atoms with Crippen LogP contribution < -0.4 is 5.32 Å². The number of benzene rings is 1. The fraction of sp³-hybridized carbons (Fsp3) is 0.222. The van der Waals surface area contributed by atoms with E-state index in [9.17, 15) is 4.79 Å². The molecule has 0 radical (unpaired) electrons. The van der Waals surface area contributed by atoms with Gasteiger partial charge in [-0.25, -0.2) is 0 Å². The zero-order chi connectivity index (χ0) is 10.6. The molecule has 0 spiro atoms. The fourth-order valence-electron chi connectivity index (χ4n) is 0.889. The summed E-state index contributed by atoms with van der Waals surface area (Å²) >= 11 is 14.6. The van der Waals surface area contributed by atoms with Crippen LogP contribution in [0.1, 0.15) is 6.42 Å². The Morgan fingerprint density at radius 1 is 1.50 bits per heavy atom. The molecule has 5 heteroatoms. The van der Waals surface area contributed by atoms with Crippen LogP contribution in [-0.4, -0.2) is 11.8 Å². The molecule has 0 unspecified atom stereocenters. The summed E-state index contributed by atoms with van der Waals surface area (Å²) in [5.74, 6) is 0.171. The molecule has 0 fully saturated rings. The van der Waals surface area contributed by atoms with Gasteiger partial charge in [-0.1, -0.05) is 27.5 Å². The van der Waals surface area contributed by atoms with Gasteiger partial charge in [0.15, 0.2) is 0 Å². The third-order valence-corrected chi connectivity index (χ3v) is 2.52. The number of rotatable bonds is 3. The monoisotopic (exact) mass is 295 g/mol. The Morgan fingerprint density at radius 3 is 2.79 bits per heavy atom. The lowest BCUT2D eigenvalue weighted by Gasteiger charge is -2.06. The maximum atomic E-state index is 11.2. The molecule has 1 rings (SSSR count). The summed E-state index contributed by atoms with van der Waals surface area (Å²) in [6.07, 6.45) is 0.286. The van der Waals surface area contributed by atoms with E-state index in [-0.39, 0.29) is 12.3 Å². The second-order valence-corrected chi connectivity index (χ2v) is 4.31. The van der Waals surface area contributed by atoms with Crippen molar-refractivity contribution in [1.29, 1.82) is 0 Å². The van der Waals surface area contributed by atoms with Crippen molar-refractivity contribution in [3.05, 3.63) is 27.7 Å². The molecule has 0 heterocycles. The zero-order valence-electron chi connectivity index (χ0n) is 7.19. The molecule has 0 bridgehead atoms. The van der Waals surface area contributed by atoms with Crippen LogP contribution in [0.4, 0.5) is 5.69 Å². The van der Waals surface area contributed by atoms with Gasteiger partial charge in [-0.05, 0) is 18.2 Å². The Kier molecular flexibility index (Phi) is 4.72. The van der Waals surface area contributed by atoms with Crippen molar-refractivity contribution in [2.45, 2.75) is 6.42 Å². The van der Waals surface area contributed by atoms with Gasteiger partial charge < -0.3 is 5.32 Å². The van der Waals surface area contributed by atoms with Crippen molar-refractivity contribution >= 4 is 50.7 Å². The number of alkyl halides is 1. The summed E-state index contributed by atoms with van der Waals surface area (Å²) in [7, 11) is 0. The summed E-state index contributed by atoms with van der Waals surface area (Å²) in [6.45, 7) is 0. The van der Waals surface area contributed by atoms with Gasteiger partial charge in [0.05, 0.1) is 10.7 Å². The molecule has 0 aliphatic rings. The highest BCUT2D eigenvalue weighted by atomic mass is 79.9. The van der Waals surface area contributed by atoms with Gasteiger partial charge in [0, 0.05) is 16.8 Å². The van der Waals surface area contributed by atoms with Crippen LogP contribution in [0.15, 0.2) is 22.7 Å². The highest BCUT2D eigenvalue weighted by Gasteiger charge is 2.04. The third kappa shape index (κ3) is 3.48. The predicted octanol–water partition coefficient (Wildman–Crippen LogP) is 3.67. The number of nitrogens with one attached hydrogen (secondary N) is 1. The number of carbonyl (C=O) groups excluding carboxylic acids is 1. The van der Waals surface area contributed by atoms with Gasteiger partial charge in [-0.3, -0.25) is 4.79 Å². The topological polar surface area (TPSA) is 29.1 Å². The van der Waals surface area contributed by atoms with Crippen molar-refractivity contribution in [3.8, 4) is 0 Å². The second kappa shape index (κ2) is 5.59. The minimum atomic E-state index is -0.135. The number of halogens is 3. The van der Waals surface area contributed by atoms with Gasteiger partial charge in [-0.2, -0.15) is 0 Å². The Labute approximate surface area is 101 Å². The van der Waals surface area contributed by atoms with Crippen LogP contribution in [0, 0.1) is 0 Å². The van der Waals surface area contributed by atoms with Crippen LogP contribution in [0.2, 0.25) is 5.02 Å². The molecule has 1 N–H and O–H groups in total. The third-order valence-electron chi connectivity index (χ3n) is 1.53. The molecule has 1 aromatic rings. The fourth-order valence-corrected chi connectivity index (χ4v) is 1.78. The summed E-state index contributed by atoms with van der Waals surface area (Å²) < 4.78 is 0.873. The number of amides is 1. The standard InChI is InChI=1S/C9H8BrCl2NO/c10-6-1-2-8(7(12)5-6)13-9(14)3-4-11/h1-2,5H,3-4H2,(H,13,14). The second-order valence-electron chi connectivity index (χ2n) is 2.61. The molecule has 1 aromatic carbocycles. The first kappa shape index (κ1) is 11.8. The summed E-state index contributed by atoms with van der Waals surface area (Å²) in [4.78, 5) is 11.2. The molecular weight excluding hydrogens is 289 g/mol. The average Bonchev–Trinajstić information content (AvgIpc) is 2.10. The number of anilines is 1. The summed E-state index contributed by atoms with van der Waals surface area (Å²) in [6, 6.07) is 5.26. The van der Waals surface area contributed by atoms with Crippen LogP contribution in [0.3, 0.4) is 0 Å². The van der Waals surface area contributed by atoms with E-state index in [4.69, 9.17) is 23.2 Å². The first-order valence-electron chi connectivity index (χ1n) is 3.94. The number of hydrogen-bond donors (Lipinski definition) is 1. The maximum absolute atomic E-state index is 11.2. The van der Waals surface area contributed by atoms with E-state index < -0.39 is 0 Å². The molecular formula is C9H8BrCl2NO. The molecule has 0 saturated heterocycles. The van der Waals surface area contributed by atoms with Crippen LogP contribution in [0.25, 0.3) is 0 Å². The lowest BCUT2D eigenvalue weighted by molar-refractivity contribution is -0.115. The molecule has 0 aromatic heterocycles. The van der Waals surface area contributed by atoms with Crippen molar-refractivity contribution < 1.29 is 4.79 Å². The Hall–Kier alpha value is -0.250. The van der Waals surface area contributed by atoms with Crippen LogP contribution in [-0.2, 0) is 4.79 Å². The number of carbonyl (C=O) groups is 1. The van der Waals surface area contributed by atoms with Crippen LogP contribution in [0.5, 0.6) is 0 Å². The predicted molar refractivity (Wildman–Crippen MR) is 63.1 cm³/mol. The average molecular weight is 297 g/mol. The van der Waals surface area contributed by atoms with E-state index in [0.717, 1.165) is 4.47 Å². The molecule has 2 nitrogen and oxygen atoms in total.